The summed E-state index contributed by atoms with van der Waals surface area (Å²) in [5.41, 5.74) is 1.55. The smallest absolute Gasteiger partial charge is 0.395 e. The molecule has 0 aromatic carbocycles. The number of alkyl halides is 3. The van der Waals surface area contributed by atoms with Crippen LogP contribution in [0.1, 0.15) is 43.4 Å². The van der Waals surface area contributed by atoms with E-state index in [9.17, 15) is 21.6 Å². The van der Waals surface area contributed by atoms with Crippen LogP contribution in [0.3, 0.4) is 0 Å². The summed E-state index contributed by atoms with van der Waals surface area (Å²) in [7, 11) is -3.19. The number of piperidine rings is 1. The highest BCUT2D eigenvalue weighted by Crippen LogP contribution is 2.58. The average Bonchev–Trinajstić information content (AvgIpc) is 3.44. The molecular formula is C23H30F3N3O3S. The van der Waals surface area contributed by atoms with E-state index in [4.69, 9.17) is 4.74 Å². The number of likely N-dealkylation sites (tertiary alicyclic amines) is 1. The zero-order valence-corrected chi connectivity index (χ0v) is 19.6. The van der Waals surface area contributed by atoms with Crippen molar-refractivity contribution < 1.29 is 26.3 Å². The highest BCUT2D eigenvalue weighted by atomic mass is 32.2. The molecule has 1 aromatic heterocycles. The second-order valence-corrected chi connectivity index (χ2v) is 12.0. The van der Waals surface area contributed by atoms with E-state index in [-0.39, 0.29) is 25.5 Å². The van der Waals surface area contributed by atoms with Gasteiger partial charge in [-0.1, -0.05) is 6.08 Å². The van der Waals surface area contributed by atoms with Crippen molar-refractivity contribution in [2.45, 2.75) is 50.8 Å². The van der Waals surface area contributed by atoms with Crippen LogP contribution >= 0.6 is 0 Å². The number of fused-ring (bicyclic) bond motifs is 1. The van der Waals surface area contributed by atoms with E-state index in [1.54, 1.807) is 6.20 Å². The number of halogens is 3. The molecule has 0 spiro atoms. The fourth-order valence-corrected chi connectivity index (χ4v) is 6.16. The lowest BCUT2D eigenvalue weighted by Crippen LogP contribution is -2.44. The van der Waals surface area contributed by atoms with Crippen LogP contribution in [-0.4, -0.2) is 73.9 Å². The van der Waals surface area contributed by atoms with Crippen molar-refractivity contribution in [2.24, 2.45) is 11.3 Å². The van der Waals surface area contributed by atoms with Gasteiger partial charge in [0.05, 0.1) is 23.6 Å². The molecule has 0 unspecified atom stereocenters. The summed E-state index contributed by atoms with van der Waals surface area (Å²) in [6.45, 7) is 2.32. The van der Waals surface area contributed by atoms with E-state index in [0.717, 1.165) is 41.8 Å². The number of hydrogen-bond donors (Lipinski definition) is 0. The molecule has 2 fully saturated rings. The first kappa shape index (κ1) is 23.1. The lowest BCUT2D eigenvalue weighted by molar-refractivity contribution is -0.192. The van der Waals surface area contributed by atoms with Crippen LogP contribution in [0.4, 0.5) is 13.2 Å². The second-order valence-electron chi connectivity index (χ2n) is 10.0. The van der Waals surface area contributed by atoms with Gasteiger partial charge in [0.1, 0.15) is 11.9 Å². The molecule has 5 rings (SSSR count). The van der Waals surface area contributed by atoms with Gasteiger partial charge in [0.15, 0.2) is 0 Å². The van der Waals surface area contributed by atoms with E-state index in [1.165, 1.54) is 10.6 Å². The molecule has 0 bridgehead atoms. The SMILES string of the molecule is CS(=O)(=O)N1CC=C(c2cc3c(cn2)O[C@H](C2CCN(CC4(C(F)(F)F)CC4)CC2)C3)CC1. The van der Waals surface area contributed by atoms with Crippen LogP contribution in [0, 0.1) is 11.3 Å². The first-order chi connectivity index (χ1) is 15.5. The molecule has 1 saturated carbocycles. The van der Waals surface area contributed by atoms with Crippen molar-refractivity contribution in [1.82, 2.24) is 14.2 Å². The maximum atomic E-state index is 13.3. The third kappa shape index (κ3) is 4.66. The number of rotatable bonds is 5. The van der Waals surface area contributed by atoms with Crippen LogP contribution in [-0.2, 0) is 16.4 Å². The van der Waals surface area contributed by atoms with Gasteiger partial charge in [0.2, 0.25) is 10.0 Å². The summed E-state index contributed by atoms with van der Waals surface area (Å²) in [5.74, 6) is 1.12. The van der Waals surface area contributed by atoms with Crippen LogP contribution in [0.15, 0.2) is 18.3 Å². The Balaban J connectivity index is 1.17. The zero-order valence-electron chi connectivity index (χ0n) is 18.8. The summed E-state index contributed by atoms with van der Waals surface area (Å²) in [5, 5.41) is 0. The van der Waals surface area contributed by atoms with Gasteiger partial charge in [0.25, 0.3) is 0 Å². The van der Waals surface area contributed by atoms with Gasteiger partial charge in [-0.25, -0.2) is 8.42 Å². The van der Waals surface area contributed by atoms with Crippen molar-refractivity contribution >= 4 is 15.6 Å². The van der Waals surface area contributed by atoms with E-state index in [1.807, 2.05) is 17.0 Å². The molecule has 33 heavy (non-hydrogen) atoms. The molecular weight excluding hydrogens is 455 g/mol. The fourth-order valence-electron chi connectivity index (χ4n) is 5.39. The molecule has 0 amide bonds. The van der Waals surface area contributed by atoms with Crippen LogP contribution in [0.2, 0.25) is 0 Å². The van der Waals surface area contributed by atoms with E-state index in [2.05, 4.69) is 4.98 Å². The summed E-state index contributed by atoms with van der Waals surface area (Å²) in [6, 6.07) is 2.05. The standard InChI is InChI=1S/C23H30F3N3O3S/c1-33(30,31)29-10-4-16(5-11-29)19-12-18-13-20(32-21(18)14-27-19)17-2-8-28(9-3-17)15-22(6-7-22)23(24,25)26/h4,12,14,17,20H,2-3,5-11,13,15H2,1H3/t20-/m0/s1. The molecule has 3 aliphatic heterocycles. The quantitative estimate of drug-likeness (QED) is 0.639. The van der Waals surface area contributed by atoms with Crippen molar-refractivity contribution in [3.05, 3.63) is 29.6 Å². The molecule has 6 nitrogen and oxygen atoms in total. The lowest BCUT2D eigenvalue weighted by atomic mass is 9.88. The predicted octanol–water partition coefficient (Wildman–Crippen LogP) is 3.49. The van der Waals surface area contributed by atoms with Gasteiger partial charge < -0.3 is 9.64 Å². The van der Waals surface area contributed by atoms with E-state index < -0.39 is 21.6 Å². The highest BCUT2D eigenvalue weighted by molar-refractivity contribution is 7.88. The Morgan fingerprint density at radius 3 is 2.52 bits per heavy atom. The fraction of sp³-hybridized carbons (Fsp3) is 0.696. The lowest BCUT2D eigenvalue weighted by Gasteiger charge is -2.36. The van der Waals surface area contributed by atoms with Gasteiger partial charge in [-0.2, -0.15) is 17.5 Å². The topological polar surface area (TPSA) is 62.7 Å². The van der Waals surface area contributed by atoms with Crippen molar-refractivity contribution in [1.29, 1.82) is 0 Å². The minimum absolute atomic E-state index is 0.0396. The molecule has 0 radical (unpaired) electrons. The van der Waals surface area contributed by atoms with Gasteiger partial charge >= 0.3 is 6.18 Å². The number of pyridine rings is 1. The van der Waals surface area contributed by atoms with Crippen LogP contribution < -0.4 is 4.74 Å². The highest BCUT2D eigenvalue weighted by Gasteiger charge is 2.63. The normalized spacial score (nSPS) is 26.5. The van der Waals surface area contributed by atoms with E-state index >= 15 is 0 Å². The largest absolute Gasteiger partial charge is 0.488 e. The molecule has 1 aliphatic carbocycles. The molecule has 1 atom stereocenters. The maximum Gasteiger partial charge on any atom is 0.395 e. The Kier molecular flexibility index (Phi) is 5.77. The molecule has 1 aromatic rings. The first-order valence-electron chi connectivity index (χ1n) is 11.6. The summed E-state index contributed by atoms with van der Waals surface area (Å²) >= 11 is 0. The van der Waals surface area contributed by atoms with Gasteiger partial charge in [-0.3, -0.25) is 4.98 Å². The Bertz CT molecular complexity index is 1040. The number of aromatic nitrogens is 1. The Hall–Kier alpha value is -1.65. The van der Waals surface area contributed by atoms with Crippen LogP contribution in [0.25, 0.3) is 5.57 Å². The molecule has 1 saturated heterocycles. The van der Waals surface area contributed by atoms with Gasteiger partial charge in [0, 0.05) is 31.6 Å². The number of sulfonamides is 1. The van der Waals surface area contributed by atoms with Gasteiger partial charge in [-0.05, 0) is 62.8 Å². The molecule has 4 aliphatic rings. The monoisotopic (exact) mass is 485 g/mol. The second kappa shape index (κ2) is 8.23. The van der Waals surface area contributed by atoms with Crippen molar-refractivity contribution in [3.63, 3.8) is 0 Å². The number of nitrogens with zero attached hydrogens (tertiary/aromatic N) is 3. The molecule has 10 heteroatoms. The Morgan fingerprint density at radius 1 is 1.21 bits per heavy atom. The van der Waals surface area contributed by atoms with Crippen LogP contribution in [0.5, 0.6) is 5.75 Å². The zero-order chi connectivity index (χ0) is 23.4. The minimum Gasteiger partial charge on any atom is -0.488 e. The van der Waals surface area contributed by atoms with E-state index in [0.29, 0.717) is 38.5 Å². The molecule has 182 valence electrons. The number of hydrogen-bond acceptors (Lipinski definition) is 5. The first-order valence-corrected chi connectivity index (χ1v) is 13.5. The van der Waals surface area contributed by atoms with Crippen molar-refractivity contribution in [3.8, 4) is 5.75 Å². The minimum atomic E-state index is -4.10. The summed E-state index contributed by atoms with van der Waals surface area (Å²) in [4.78, 5) is 6.53. The maximum absolute atomic E-state index is 13.3. The Morgan fingerprint density at radius 2 is 1.94 bits per heavy atom. The Labute approximate surface area is 192 Å². The third-order valence-corrected chi connectivity index (χ3v) is 9.03. The predicted molar refractivity (Wildman–Crippen MR) is 118 cm³/mol. The van der Waals surface area contributed by atoms with Crippen molar-refractivity contribution in [2.75, 3.05) is 39.0 Å². The molecule has 0 N–H and O–H groups in total. The van der Waals surface area contributed by atoms with Gasteiger partial charge in [-0.15, -0.1) is 0 Å². The average molecular weight is 486 g/mol. The summed E-state index contributed by atoms with van der Waals surface area (Å²) < 4.78 is 70.9. The third-order valence-electron chi connectivity index (χ3n) is 7.76. The number of ether oxygens (including phenoxy) is 1. The molecule has 4 heterocycles. The summed E-state index contributed by atoms with van der Waals surface area (Å²) in [6.07, 6.45) is 4.47.